The molecule has 0 radical (unpaired) electrons. The highest BCUT2D eigenvalue weighted by molar-refractivity contribution is 6.03. The second kappa shape index (κ2) is 7.89. The fourth-order valence-electron chi connectivity index (χ4n) is 2.20. The monoisotopic (exact) mass is 348 g/mol. The molecular formula is C19H16N4O3. The van der Waals surface area contributed by atoms with Gasteiger partial charge in [-0.3, -0.25) is 4.79 Å². The highest BCUT2D eigenvalue weighted by Crippen LogP contribution is 2.14. The van der Waals surface area contributed by atoms with Gasteiger partial charge in [-0.2, -0.15) is 0 Å². The normalized spacial score (nSPS) is 10.0. The van der Waals surface area contributed by atoms with Crippen molar-refractivity contribution in [2.45, 2.75) is 0 Å². The molecule has 2 aromatic carbocycles. The Bertz CT molecular complexity index is 912. The number of para-hydroxylation sites is 1. The maximum absolute atomic E-state index is 12.4. The van der Waals surface area contributed by atoms with Gasteiger partial charge in [0.1, 0.15) is 5.69 Å². The zero-order valence-electron chi connectivity index (χ0n) is 14.0. The summed E-state index contributed by atoms with van der Waals surface area (Å²) in [6.45, 7) is 0. The number of benzene rings is 2. The van der Waals surface area contributed by atoms with Crippen molar-refractivity contribution in [3.8, 4) is 0 Å². The van der Waals surface area contributed by atoms with Crippen molar-refractivity contribution in [3.63, 3.8) is 0 Å². The van der Waals surface area contributed by atoms with Crippen LogP contribution in [0.15, 0.2) is 66.9 Å². The van der Waals surface area contributed by atoms with Gasteiger partial charge in [-0.05, 0) is 42.5 Å². The third-order valence-electron chi connectivity index (χ3n) is 3.48. The summed E-state index contributed by atoms with van der Waals surface area (Å²) >= 11 is 0. The Kier molecular flexibility index (Phi) is 5.19. The molecule has 2 N–H and O–H groups in total. The number of aromatic nitrogens is 2. The van der Waals surface area contributed by atoms with Gasteiger partial charge in [0.15, 0.2) is 0 Å². The number of hydrogen-bond donors (Lipinski definition) is 2. The number of nitrogens with zero attached hydrogens (tertiary/aromatic N) is 2. The quantitative estimate of drug-likeness (QED) is 0.688. The van der Waals surface area contributed by atoms with Gasteiger partial charge < -0.3 is 15.4 Å². The maximum atomic E-state index is 12.4. The Hall–Kier alpha value is -3.74. The highest BCUT2D eigenvalue weighted by atomic mass is 16.5. The first-order valence-electron chi connectivity index (χ1n) is 7.80. The first-order chi connectivity index (χ1) is 12.7. The molecule has 0 aliphatic carbocycles. The number of rotatable bonds is 5. The molecule has 26 heavy (non-hydrogen) atoms. The van der Waals surface area contributed by atoms with Crippen molar-refractivity contribution in [3.05, 3.63) is 78.1 Å². The van der Waals surface area contributed by atoms with Gasteiger partial charge in [-0.25, -0.2) is 14.8 Å². The average Bonchev–Trinajstić information content (AvgIpc) is 2.69. The molecule has 0 bridgehead atoms. The molecular weight excluding hydrogens is 332 g/mol. The Labute approximate surface area is 150 Å². The summed E-state index contributed by atoms with van der Waals surface area (Å²) in [5, 5.41) is 5.76. The molecule has 0 spiro atoms. The largest absolute Gasteiger partial charge is 0.465 e. The van der Waals surface area contributed by atoms with Crippen LogP contribution in [0, 0.1) is 0 Å². The van der Waals surface area contributed by atoms with Crippen LogP contribution < -0.4 is 10.6 Å². The Morgan fingerprint density at radius 3 is 2.35 bits per heavy atom. The minimum atomic E-state index is -0.435. The predicted molar refractivity (Wildman–Crippen MR) is 97.5 cm³/mol. The summed E-state index contributed by atoms with van der Waals surface area (Å²) < 4.78 is 4.64. The van der Waals surface area contributed by atoms with Gasteiger partial charge >= 0.3 is 5.97 Å². The Balaban J connectivity index is 1.70. The Morgan fingerprint density at radius 1 is 0.923 bits per heavy atom. The molecule has 0 aliphatic heterocycles. The van der Waals surface area contributed by atoms with Crippen LogP contribution in [0.2, 0.25) is 0 Å². The first kappa shape index (κ1) is 17.1. The molecule has 3 aromatic rings. The van der Waals surface area contributed by atoms with Crippen molar-refractivity contribution >= 4 is 29.2 Å². The number of esters is 1. The van der Waals surface area contributed by atoms with Crippen molar-refractivity contribution < 1.29 is 14.3 Å². The van der Waals surface area contributed by atoms with Gasteiger partial charge in [0.2, 0.25) is 5.95 Å². The van der Waals surface area contributed by atoms with Crippen LogP contribution >= 0.6 is 0 Å². The van der Waals surface area contributed by atoms with E-state index in [1.807, 2.05) is 30.3 Å². The minimum absolute atomic E-state index is 0.218. The molecule has 0 aliphatic rings. The van der Waals surface area contributed by atoms with Crippen LogP contribution in [0.5, 0.6) is 0 Å². The SMILES string of the molecule is COC(=O)c1ccc(NC(=O)c2ccnc(Nc3ccccc3)n2)cc1. The van der Waals surface area contributed by atoms with Gasteiger partial charge in [0.25, 0.3) is 5.91 Å². The van der Waals surface area contributed by atoms with Gasteiger partial charge in [-0.15, -0.1) is 0 Å². The van der Waals surface area contributed by atoms with E-state index in [-0.39, 0.29) is 11.6 Å². The topological polar surface area (TPSA) is 93.2 Å². The van der Waals surface area contributed by atoms with Gasteiger partial charge in [-0.1, -0.05) is 18.2 Å². The average molecular weight is 348 g/mol. The van der Waals surface area contributed by atoms with E-state index in [1.54, 1.807) is 24.3 Å². The highest BCUT2D eigenvalue weighted by Gasteiger charge is 2.10. The van der Waals surface area contributed by atoms with Crippen molar-refractivity contribution in [2.75, 3.05) is 17.7 Å². The van der Waals surface area contributed by atoms with Crippen LogP contribution in [-0.4, -0.2) is 29.0 Å². The summed E-state index contributed by atoms with van der Waals surface area (Å²) in [6, 6.07) is 17.3. The summed E-state index contributed by atoms with van der Waals surface area (Å²) in [5.41, 5.74) is 1.99. The summed E-state index contributed by atoms with van der Waals surface area (Å²) in [4.78, 5) is 32.1. The molecule has 3 rings (SSSR count). The van der Waals surface area contributed by atoms with Crippen LogP contribution in [0.25, 0.3) is 0 Å². The lowest BCUT2D eigenvalue weighted by atomic mass is 10.2. The fourth-order valence-corrected chi connectivity index (χ4v) is 2.20. The van der Waals surface area contributed by atoms with Crippen LogP contribution in [0.4, 0.5) is 17.3 Å². The second-order valence-electron chi connectivity index (χ2n) is 5.28. The van der Waals surface area contributed by atoms with E-state index in [0.717, 1.165) is 5.69 Å². The van der Waals surface area contributed by atoms with E-state index in [9.17, 15) is 9.59 Å². The van der Waals surface area contributed by atoms with Crippen LogP contribution in [-0.2, 0) is 4.74 Å². The lowest BCUT2D eigenvalue weighted by molar-refractivity contribution is 0.0600. The van der Waals surface area contributed by atoms with Crippen molar-refractivity contribution in [1.82, 2.24) is 9.97 Å². The third kappa shape index (κ3) is 4.21. The number of nitrogens with one attached hydrogen (secondary N) is 2. The summed E-state index contributed by atoms with van der Waals surface area (Å²) in [6.07, 6.45) is 1.51. The molecule has 1 heterocycles. The predicted octanol–water partition coefficient (Wildman–Crippen LogP) is 3.26. The molecule has 7 heteroatoms. The van der Waals surface area contributed by atoms with Crippen LogP contribution in [0.1, 0.15) is 20.8 Å². The number of ether oxygens (including phenoxy) is 1. The molecule has 0 saturated heterocycles. The van der Waals surface area contributed by atoms with E-state index in [4.69, 9.17) is 0 Å². The molecule has 0 saturated carbocycles. The Morgan fingerprint density at radius 2 is 1.65 bits per heavy atom. The molecule has 1 aromatic heterocycles. The maximum Gasteiger partial charge on any atom is 0.337 e. The van der Waals surface area contributed by atoms with E-state index in [2.05, 4.69) is 25.3 Å². The van der Waals surface area contributed by atoms with Gasteiger partial charge in [0.05, 0.1) is 12.7 Å². The van der Waals surface area contributed by atoms with Crippen molar-refractivity contribution in [1.29, 1.82) is 0 Å². The smallest absolute Gasteiger partial charge is 0.337 e. The summed E-state index contributed by atoms with van der Waals surface area (Å²) in [5.74, 6) is -0.491. The fraction of sp³-hybridized carbons (Fsp3) is 0.0526. The number of anilines is 3. The molecule has 0 fully saturated rings. The molecule has 7 nitrogen and oxygen atoms in total. The minimum Gasteiger partial charge on any atom is -0.465 e. The molecule has 1 amide bonds. The van der Waals surface area contributed by atoms with Gasteiger partial charge in [0, 0.05) is 17.6 Å². The zero-order chi connectivity index (χ0) is 18.4. The van der Waals surface area contributed by atoms with E-state index < -0.39 is 5.97 Å². The van der Waals surface area contributed by atoms with E-state index in [1.165, 1.54) is 19.4 Å². The van der Waals surface area contributed by atoms with Crippen molar-refractivity contribution in [2.24, 2.45) is 0 Å². The van der Waals surface area contributed by atoms with E-state index >= 15 is 0 Å². The number of carbonyl (C=O) groups excluding carboxylic acids is 2. The molecule has 0 unspecified atom stereocenters. The number of methoxy groups -OCH3 is 1. The lowest BCUT2D eigenvalue weighted by Gasteiger charge is -2.08. The van der Waals surface area contributed by atoms with Crippen LogP contribution in [0.3, 0.4) is 0 Å². The van der Waals surface area contributed by atoms with E-state index in [0.29, 0.717) is 17.2 Å². The third-order valence-corrected chi connectivity index (χ3v) is 3.48. The molecule has 130 valence electrons. The molecule has 0 atom stereocenters. The second-order valence-corrected chi connectivity index (χ2v) is 5.28. The first-order valence-corrected chi connectivity index (χ1v) is 7.80. The zero-order valence-corrected chi connectivity index (χ0v) is 14.0. The summed E-state index contributed by atoms with van der Waals surface area (Å²) in [7, 11) is 1.31. The standard InChI is InChI=1S/C19H16N4O3/c1-26-18(25)13-7-9-15(10-8-13)21-17(24)16-11-12-20-19(23-16)22-14-5-3-2-4-6-14/h2-12H,1H3,(H,21,24)(H,20,22,23). The number of carbonyl (C=O) groups is 2. The number of amides is 1. The number of hydrogen-bond acceptors (Lipinski definition) is 6. The lowest BCUT2D eigenvalue weighted by Crippen LogP contribution is -2.15.